The van der Waals surface area contributed by atoms with E-state index in [1.165, 1.54) is 0 Å². The van der Waals surface area contributed by atoms with Crippen LogP contribution in [-0.4, -0.2) is 38.4 Å². The lowest BCUT2D eigenvalue weighted by molar-refractivity contribution is 0.0291. The number of aromatic amines is 1. The molecule has 1 aliphatic rings. The van der Waals surface area contributed by atoms with Crippen LogP contribution in [0.15, 0.2) is 24.3 Å². The standard InChI is InChI=1S/C12H15N3O2/c1-6-10(16)11(17)9(13-6)12-14-7-4-2-3-5-8(7)15-12/h2-6,9-11,13,16-17H,1H3,(H,14,15)/t6-,9+,10+,11-/m0/s1. The highest BCUT2D eigenvalue weighted by molar-refractivity contribution is 5.74. The Kier molecular flexibility index (Phi) is 2.39. The Labute approximate surface area is 98.5 Å². The van der Waals surface area contributed by atoms with Gasteiger partial charge in [0, 0.05) is 6.04 Å². The lowest BCUT2D eigenvalue weighted by atomic mass is 10.1. The largest absolute Gasteiger partial charge is 0.389 e. The smallest absolute Gasteiger partial charge is 0.127 e. The van der Waals surface area contributed by atoms with Gasteiger partial charge in [-0.2, -0.15) is 0 Å². The Bertz CT molecular complexity index is 506. The Balaban J connectivity index is 1.99. The quantitative estimate of drug-likeness (QED) is 0.571. The molecular formula is C12H15N3O2. The van der Waals surface area contributed by atoms with Gasteiger partial charge in [0.25, 0.3) is 0 Å². The van der Waals surface area contributed by atoms with Crippen LogP contribution < -0.4 is 5.32 Å². The predicted octanol–water partition coefficient (Wildman–Crippen LogP) is 0.317. The van der Waals surface area contributed by atoms with Crippen LogP contribution in [0.3, 0.4) is 0 Å². The lowest BCUT2D eigenvalue weighted by Gasteiger charge is -2.12. The van der Waals surface area contributed by atoms with Gasteiger partial charge in [0.2, 0.25) is 0 Å². The van der Waals surface area contributed by atoms with Gasteiger partial charge in [-0.3, -0.25) is 5.32 Å². The van der Waals surface area contributed by atoms with Crippen molar-refractivity contribution in [3.05, 3.63) is 30.1 Å². The molecule has 2 aromatic rings. The molecule has 0 radical (unpaired) electrons. The maximum Gasteiger partial charge on any atom is 0.127 e. The van der Waals surface area contributed by atoms with Crippen molar-refractivity contribution in [2.24, 2.45) is 0 Å². The van der Waals surface area contributed by atoms with Crippen molar-refractivity contribution in [3.63, 3.8) is 0 Å². The second-order valence-corrected chi connectivity index (χ2v) is 4.55. The number of rotatable bonds is 1. The van der Waals surface area contributed by atoms with Crippen molar-refractivity contribution in [3.8, 4) is 0 Å². The zero-order chi connectivity index (χ0) is 12.0. The van der Waals surface area contributed by atoms with Crippen LogP contribution >= 0.6 is 0 Å². The van der Waals surface area contributed by atoms with E-state index in [1.807, 2.05) is 31.2 Å². The maximum atomic E-state index is 9.93. The van der Waals surface area contributed by atoms with Crippen LogP contribution in [-0.2, 0) is 0 Å². The molecule has 1 saturated heterocycles. The molecule has 1 aromatic heterocycles. The first kappa shape index (κ1) is 10.7. The van der Waals surface area contributed by atoms with Gasteiger partial charge in [-0.15, -0.1) is 0 Å². The first-order valence-electron chi connectivity index (χ1n) is 5.73. The summed E-state index contributed by atoms with van der Waals surface area (Å²) in [6, 6.07) is 7.22. The summed E-state index contributed by atoms with van der Waals surface area (Å²) in [4.78, 5) is 7.59. The van der Waals surface area contributed by atoms with Gasteiger partial charge in [-0.25, -0.2) is 4.98 Å². The number of benzene rings is 1. The van der Waals surface area contributed by atoms with Crippen LogP contribution in [0.5, 0.6) is 0 Å². The molecule has 1 aromatic carbocycles. The van der Waals surface area contributed by atoms with E-state index in [0.29, 0.717) is 5.82 Å². The number of aromatic nitrogens is 2. The summed E-state index contributed by atoms with van der Waals surface area (Å²) in [6.07, 6.45) is -1.58. The van der Waals surface area contributed by atoms with E-state index in [9.17, 15) is 10.2 Å². The molecule has 0 amide bonds. The summed E-state index contributed by atoms with van der Waals surface area (Å²) >= 11 is 0. The summed E-state index contributed by atoms with van der Waals surface area (Å²) in [6.45, 7) is 1.84. The summed E-state index contributed by atoms with van der Waals surface area (Å²) in [5, 5.41) is 22.8. The van der Waals surface area contributed by atoms with E-state index < -0.39 is 12.2 Å². The van der Waals surface area contributed by atoms with Gasteiger partial charge >= 0.3 is 0 Å². The van der Waals surface area contributed by atoms with Gasteiger partial charge in [-0.05, 0) is 19.1 Å². The number of hydrogen-bond donors (Lipinski definition) is 4. The van der Waals surface area contributed by atoms with Crippen molar-refractivity contribution in [2.75, 3.05) is 0 Å². The average Bonchev–Trinajstić information content (AvgIpc) is 2.86. The Morgan fingerprint density at radius 1 is 1.18 bits per heavy atom. The van der Waals surface area contributed by atoms with Crippen LogP contribution in [0.25, 0.3) is 11.0 Å². The number of para-hydroxylation sites is 2. The minimum Gasteiger partial charge on any atom is -0.389 e. The van der Waals surface area contributed by atoms with E-state index in [2.05, 4.69) is 15.3 Å². The molecule has 2 heterocycles. The number of imidazole rings is 1. The van der Waals surface area contributed by atoms with Crippen molar-refractivity contribution in [2.45, 2.75) is 31.2 Å². The van der Waals surface area contributed by atoms with Crippen LogP contribution in [0.2, 0.25) is 0 Å². The fourth-order valence-electron chi connectivity index (χ4n) is 2.33. The number of fused-ring (bicyclic) bond motifs is 1. The number of nitrogens with zero attached hydrogens (tertiary/aromatic N) is 1. The number of hydrogen-bond acceptors (Lipinski definition) is 4. The first-order valence-corrected chi connectivity index (χ1v) is 5.73. The molecule has 3 rings (SSSR count). The van der Waals surface area contributed by atoms with Crippen LogP contribution in [0, 0.1) is 0 Å². The molecule has 90 valence electrons. The number of H-pyrrole nitrogens is 1. The van der Waals surface area contributed by atoms with Gasteiger partial charge in [0.1, 0.15) is 11.9 Å². The highest BCUT2D eigenvalue weighted by Crippen LogP contribution is 2.27. The third-order valence-corrected chi connectivity index (χ3v) is 3.35. The fraction of sp³-hybridized carbons (Fsp3) is 0.417. The summed E-state index contributed by atoms with van der Waals surface area (Å²) < 4.78 is 0. The van der Waals surface area contributed by atoms with Gasteiger partial charge in [0.05, 0.1) is 23.2 Å². The maximum absolute atomic E-state index is 9.93. The molecule has 1 aliphatic heterocycles. The lowest BCUT2D eigenvalue weighted by Crippen LogP contribution is -2.29. The van der Waals surface area contributed by atoms with Crippen LogP contribution in [0.4, 0.5) is 0 Å². The fourth-order valence-corrected chi connectivity index (χ4v) is 2.33. The molecule has 0 saturated carbocycles. The Morgan fingerprint density at radius 2 is 1.94 bits per heavy atom. The van der Waals surface area contributed by atoms with Gasteiger partial charge in [0.15, 0.2) is 0 Å². The monoisotopic (exact) mass is 233 g/mol. The molecule has 0 aliphatic carbocycles. The molecule has 0 bridgehead atoms. The Hall–Kier alpha value is -1.43. The third kappa shape index (κ3) is 1.63. The summed E-state index contributed by atoms with van der Waals surface area (Å²) in [7, 11) is 0. The van der Waals surface area contributed by atoms with E-state index in [4.69, 9.17) is 0 Å². The van der Waals surface area contributed by atoms with Crippen molar-refractivity contribution < 1.29 is 10.2 Å². The molecule has 0 spiro atoms. The number of nitrogens with one attached hydrogen (secondary N) is 2. The van der Waals surface area contributed by atoms with Crippen LogP contribution in [0.1, 0.15) is 18.8 Å². The zero-order valence-corrected chi connectivity index (χ0v) is 9.46. The average molecular weight is 233 g/mol. The predicted molar refractivity (Wildman–Crippen MR) is 63.4 cm³/mol. The van der Waals surface area contributed by atoms with Gasteiger partial charge in [-0.1, -0.05) is 12.1 Å². The summed E-state index contributed by atoms with van der Waals surface area (Å²) in [5.74, 6) is 0.669. The van der Waals surface area contributed by atoms with Crippen molar-refractivity contribution in [1.29, 1.82) is 0 Å². The highest BCUT2D eigenvalue weighted by Gasteiger charge is 2.40. The minimum atomic E-state index is -0.828. The Morgan fingerprint density at radius 3 is 2.59 bits per heavy atom. The molecule has 4 atom stereocenters. The van der Waals surface area contributed by atoms with E-state index in [1.54, 1.807) is 0 Å². The van der Waals surface area contributed by atoms with E-state index >= 15 is 0 Å². The SMILES string of the molecule is C[C@@H]1N[C@@H](c2nc3ccccc3[nH]2)[C@H](O)[C@@H]1O. The normalized spacial score (nSPS) is 33.4. The highest BCUT2D eigenvalue weighted by atomic mass is 16.3. The molecule has 5 nitrogen and oxygen atoms in total. The zero-order valence-electron chi connectivity index (χ0n) is 9.46. The number of aliphatic hydroxyl groups excluding tert-OH is 2. The second kappa shape index (κ2) is 3.80. The topological polar surface area (TPSA) is 81.2 Å². The van der Waals surface area contributed by atoms with Gasteiger partial charge < -0.3 is 15.2 Å². The summed E-state index contributed by atoms with van der Waals surface area (Å²) in [5.41, 5.74) is 1.80. The number of aliphatic hydroxyl groups is 2. The molecule has 0 unspecified atom stereocenters. The first-order chi connectivity index (χ1) is 8.16. The minimum absolute atomic E-state index is 0.136. The second-order valence-electron chi connectivity index (χ2n) is 4.55. The molecule has 17 heavy (non-hydrogen) atoms. The third-order valence-electron chi connectivity index (χ3n) is 3.35. The molecule has 4 N–H and O–H groups in total. The molecular weight excluding hydrogens is 218 g/mol. The van der Waals surface area contributed by atoms with E-state index in [0.717, 1.165) is 11.0 Å². The molecule has 5 heteroatoms. The van der Waals surface area contributed by atoms with Crippen molar-refractivity contribution in [1.82, 2.24) is 15.3 Å². The van der Waals surface area contributed by atoms with Crippen molar-refractivity contribution >= 4 is 11.0 Å². The molecule has 1 fully saturated rings. The van der Waals surface area contributed by atoms with E-state index in [-0.39, 0.29) is 12.1 Å².